The highest BCUT2D eigenvalue weighted by Gasteiger charge is 2.06. The molecule has 0 heterocycles. The van der Waals surface area contributed by atoms with Crippen molar-refractivity contribution in [2.75, 3.05) is 0 Å². The summed E-state index contributed by atoms with van der Waals surface area (Å²) in [5.41, 5.74) is 1.45. The number of nitrogens with zero attached hydrogens (tertiary/aromatic N) is 1. The number of benzene rings is 2. The number of ether oxygens (including phenoxy) is 1. The Morgan fingerprint density at radius 1 is 1.25 bits per heavy atom. The first-order valence-electron chi connectivity index (χ1n) is 5.84. The van der Waals surface area contributed by atoms with E-state index in [0.29, 0.717) is 16.9 Å². The van der Waals surface area contributed by atoms with Gasteiger partial charge in [-0.1, -0.05) is 15.9 Å². The van der Waals surface area contributed by atoms with E-state index in [9.17, 15) is 9.50 Å². The zero-order valence-electron chi connectivity index (χ0n) is 10.4. The van der Waals surface area contributed by atoms with Crippen LogP contribution in [0.25, 0.3) is 0 Å². The molecule has 0 amide bonds. The average molecular weight is 336 g/mol. The van der Waals surface area contributed by atoms with Crippen LogP contribution in [0.4, 0.5) is 4.39 Å². The maximum atomic E-state index is 13.3. The molecule has 2 rings (SSSR count). The molecule has 0 aliphatic rings. The summed E-state index contributed by atoms with van der Waals surface area (Å²) < 4.78 is 19.7. The Kier molecular flexibility index (Phi) is 4.72. The first-order valence-corrected chi connectivity index (χ1v) is 6.63. The van der Waals surface area contributed by atoms with Crippen LogP contribution in [0.2, 0.25) is 0 Å². The minimum absolute atomic E-state index is 0.126. The molecule has 0 bridgehead atoms. The third kappa shape index (κ3) is 3.56. The fourth-order valence-corrected chi connectivity index (χ4v) is 2.18. The van der Waals surface area contributed by atoms with Gasteiger partial charge >= 0.3 is 0 Å². The fourth-order valence-electron chi connectivity index (χ4n) is 1.77. The second-order valence-electron chi connectivity index (χ2n) is 4.16. The van der Waals surface area contributed by atoms with Crippen LogP contribution in [0.1, 0.15) is 16.7 Å². The van der Waals surface area contributed by atoms with Gasteiger partial charge in [0.2, 0.25) is 0 Å². The van der Waals surface area contributed by atoms with E-state index in [-0.39, 0.29) is 18.8 Å². The van der Waals surface area contributed by atoms with Gasteiger partial charge in [-0.2, -0.15) is 5.26 Å². The highest BCUT2D eigenvalue weighted by atomic mass is 79.9. The third-order valence-electron chi connectivity index (χ3n) is 2.67. The highest BCUT2D eigenvalue weighted by molar-refractivity contribution is 9.10. The number of hydrogen-bond acceptors (Lipinski definition) is 3. The fraction of sp³-hybridized carbons (Fsp3) is 0.133. The van der Waals surface area contributed by atoms with Crippen molar-refractivity contribution in [3.8, 4) is 11.8 Å². The van der Waals surface area contributed by atoms with E-state index in [4.69, 9.17) is 10.00 Å². The summed E-state index contributed by atoms with van der Waals surface area (Å²) in [6.07, 6.45) is 0. The molecule has 0 atom stereocenters. The number of rotatable bonds is 4. The van der Waals surface area contributed by atoms with Gasteiger partial charge in [-0.15, -0.1) is 0 Å². The minimum atomic E-state index is -0.471. The number of nitriles is 1. The van der Waals surface area contributed by atoms with Crippen LogP contribution in [0.3, 0.4) is 0 Å². The molecule has 0 unspecified atom stereocenters. The van der Waals surface area contributed by atoms with Gasteiger partial charge in [0, 0.05) is 10.0 Å². The normalized spacial score (nSPS) is 10.1. The van der Waals surface area contributed by atoms with Gasteiger partial charge < -0.3 is 9.84 Å². The lowest BCUT2D eigenvalue weighted by Crippen LogP contribution is -2.00. The van der Waals surface area contributed by atoms with Gasteiger partial charge in [-0.3, -0.25) is 0 Å². The van der Waals surface area contributed by atoms with Crippen molar-refractivity contribution in [1.29, 1.82) is 5.26 Å². The molecule has 0 saturated carbocycles. The Hall–Kier alpha value is -1.90. The van der Waals surface area contributed by atoms with Crippen molar-refractivity contribution in [3.63, 3.8) is 0 Å². The van der Waals surface area contributed by atoms with Crippen molar-refractivity contribution in [3.05, 3.63) is 63.4 Å². The molecular formula is C15H11BrFNO2. The lowest BCUT2D eigenvalue weighted by atomic mass is 10.1. The summed E-state index contributed by atoms with van der Waals surface area (Å²) in [7, 11) is 0. The van der Waals surface area contributed by atoms with Gasteiger partial charge in [0.05, 0.1) is 18.2 Å². The van der Waals surface area contributed by atoms with Crippen LogP contribution in [-0.2, 0) is 13.2 Å². The SMILES string of the molecule is N#Cc1cc(F)cc(COc2ccc(Br)cc2CO)c1. The quantitative estimate of drug-likeness (QED) is 0.929. The Morgan fingerprint density at radius 3 is 2.75 bits per heavy atom. The summed E-state index contributed by atoms with van der Waals surface area (Å²) in [5.74, 6) is 0.0549. The minimum Gasteiger partial charge on any atom is -0.489 e. The summed E-state index contributed by atoms with van der Waals surface area (Å²) in [4.78, 5) is 0. The molecule has 2 aromatic rings. The standard InChI is InChI=1S/C15H11BrFNO2/c16-13-1-2-15(12(6-13)8-19)20-9-11-3-10(7-18)4-14(17)5-11/h1-6,19H,8-9H2. The zero-order chi connectivity index (χ0) is 14.5. The van der Waals surface area contributed by atoms with Gasteiger partial charge in [0.1, 0.15) is 18.2 Å². The lowest BCUT2D eigenvalue weighted by Gasteiger charge is -2.11. The van der Waals surface area contributed by atoms with Crippen LogP contribution < -0.4 is 4.74 Å². The maximum absolute atomic E-state index is 13.3. The molecule has 0 spiro atoms. The number of hydrogen-bond donors (Lipinski definition) is 1. The van der Waals surface area contributed by atoms with E-state index >= 15 is 0 Å². The maximum Gasteiger partial charge on any atom is 0.125 e. The van der Waals surface area contributed by atoms with Crippen LogP contribution in [-0.4, -0.2) is 5.11 Å². The molecule has 20 heavy (non-hydrogen) atoms. The first kappa shape index (κ1) is 14.5. The van der Waals surface area contributed by atoms with E-state index in [1.54, 1.807) is 24.3 Å². The molecule has 0 aliphatic heterocycles. The molecule has 0 saturated heterocycles. The third-order valence-corrected chi connectivity index (χ3v) is 3.17. The molecule has 0 aliphatic carbocycles. The predicted molar refractivity (Wildman–Crippen MR) is 75.5 cm³/mol. The highest BCUT2D eigenvalue weighted by Crippen LogP contribution is 2.24. The van der Waals surface area contributed by atoms with Crippen molar-refractivity contribution in [2.24, 2.45) is 0 Å². The Labute approximate surface area is 124 Å². The zero-order valence-corrected chi connectivity index (χ0v) is 12.0. The largest absolute Gasteiger partial charge is 0.489 e. The Morgan fingerprint density at radius 2 is 2.05 bits per heavy atom. The van der Waals surface area contributed by atoms with E-state index in [1.165, 1.54) is 12.1 Å². The second kappa shape index (κ2) is 6.51. The average Bonchev–Trinajstić information content (AvgIpc) is 2.45. The number of halogens is 2. The van der Waals surface area contributed by atoms with E-state index in [1.807, 2.05) is 6.07 Å². The van der Waals surface area contributed by atoms with E-state index in [2.05, 4.69) is 15.9 Å². The topological polar surface area (TPSA) is 53.2 Å². The Bertz CT molecular complexity index is 667. The number of aliphatic hydroxyl groups excluding tert-OH is 1. The predicted octanol–water partition coefficient (Wildman–Crippen LogP) is 3.53. The van der Waals surface area contributed by atoms with Gasteiger partial charge in [0.25, 0.3) is 0 Å². The molecule has 1 N–H and O–H groups in total. The van der Waals surface area contributed by atoms with Crippen LogP contribution in [0.5, 0.6) is 5.75 Å². The molecule has 5 heteroatoms. The molecule has 0 aromatic heterocycles. The summed E-state index contributed by atoms with van der Waals surface area (Å²) in [6, 6.07) is 11.2. The van der Waals surface area contributed by atoms with Crippen LogP contribution in [0.15, 0.2) is 40.9 Å². The molecule has 2 aromatic carbocycles. The van der Waals surface area contributed by atoms with E-state index in [0.717, 1.165) is 4.47 Å². The van der Waals surface area contributed by atoms with Crippen LogP contribution in [0, 0.1) is 17.1 Å². The van der Waals surface area contributed by atoms with Crippen molar-refractivity contribution in [2.45, 2.75) is 13.2 Å². The van der Waals surface area contributed by atoms with Crippen molar-refractivity contribution < 1.29 is 14.2 Å². The van der Waals surface area contributed by atoms with E-state index < -0.39 is 5.82 Å². The number of aliphatic hydroxyl groups is 1. The van der Waals surface area contributed by atoms with Gasteiger partial charge in [-0.05, 0) is 42.0 Å². The second-order valence-corrected chi connectivity index (χ2v) is 5.07. The lowest BCUT2D eigenvalue weighted by molar-refractivity contribution is 0.258. The molecule has 0 radical (unpaired) electrons. The molecular weight excluding hydrogens is 325 g/mol. The molecule has 102 valence electrons. The van der Waals surface area contributed by atoms with Crippen LogP contribution >= 0.6 is 15.9 Å². The summed E-state index contributed by atoms with van der Waals surface area (Å²) >= 11 is 3.31. The smallest absolute Gasteiger partial charge is 0.125 e. The molecule has 0 fully saturated rings. The van der Waals surface area contributed by atoms with Gasteiger partial charge in [-0.25, -0.2) is 4.39 Å². The Balaban J connectivity index is 2.17. The van der Waals surface area contributed by atoms with Gasteiger partial charge in [0.15, 0.2) is 0 Å². The van der Waals surface area contributed by atoms with Crippen molar-refractivity contribution >= 4 is 15.9 Å². The molecule has 3 nitrogen and oxygen atoms in total. The first-order chi connectivity index (χ1) is 9.62. The monoisotopic (exact) mass is 335 g/mol. The summed E-state index contributed by atoms with van der Waals surface area (Å²) in [6.45, 7) is -0.0254. The summed E-state index contributed by atoms with van der Waals surface area (Å²) in [5, 5.41) is 18.1. The van der Waals surface area contributed by atoms with Crippen molar-refractivity contribution in [1.82, 2.24) is 0 Å².